The van der Waals surface area contributed by atoms with Crippen LogP contribution in [0, 0.1) is 22.7 Å². The maximum Gasteiger partial charge on any atom is 0.137 e. The molecule has 1 atom stereocenters. The first kappa shape index (κ1) is 22.3. The van der Waals surface area contributed by atoms with Crippen LogP contribution >= 0.6 is 11.3 Å². The molecule has 1 aliphatic heterocycles. The second-order valence-corrected chi connectivity index (χ2v) is 9.77. The van der Waals surface area contributed by atoms with Crippen molar-refractivity contribution >= 4 is 17.0 Å². The lowest BCUT2D eigenvalue weighted by atomic mass is 10.0. The summed E-state index contributed by atoms with van der Waals surface area (Å²) in [4.78, 5) is 10.7. The number of pyridine rings is 1. The summed E-state index contributed by atoms with van der Waals surface area (Å²) in [5.74, 6) is 0. The molecule has 7 heteroatoms. The fourth-order valence-electron chi connectivity index (χ4n) is 4.72. The Kier molecular flexibility index (Phi) is 6.17. The molecule has 1 fully saturated rings. The topological polar surface area (TPSA) is 71.4 Å². The minimum Gasteiger partial charge on any atom is -0.305 e. The first-order valence-electron chi connectivity index (χ1n) is 11.5. The summed E-state index contributed by atoms with van der Waals surface area (Å²) in [7, 11) is 2.19. The molecule has 170 valence electrons. The van der Waals surface area contributed by atoms with E-state index in [4.69, 9.17) is 4.98 Å². The molecule has 1 aromatic carbocycles. The van der Waals surface area contributed by atoms with Gasteiger partial charge in [0.1, 0.15) is 16.6 Å². The number of likely N-dealkylation sites (N-methyl/N-ethyl adjacent to an activating group) is 1. The molecule has 3 aromatic heterocycles. The summed E-state index contributed by atoms with van der Waals surface area (Å²) in [6.07, 6.45) is 3.29. The number of fused-ring (bicyclic) bond motifs is 1. The Hall–Kier alpha value is -3.49. The van der Waals surface area contributed by atoms with E-state index in [0.717, 1.165) is 66.3 Å². The molecule has 0 aliphatic carbocycles. The van der Waals surface area contributed by atoms with Crippen LogP contribution in [0.15, 0.2) is 54.0 Å². The number of hydrogen-bond acceptors (Lipinski definition) is 6. The van der Waals surface area contributed by atoms with Crippen molar-refractivity contribution in [3.05, 3.63) is 70.2 Å². The zero-order valence-electron chi connectivity index (χ0n) is 19.4. The Morgan fingerprint density at radius 1 is 0.941 bits per heavy atom. The molecular formula is C27H26N6S. The summed E-state index contributed by atoms with van der Waals surface area (Å²) in [5, 5.41) is 20.5. The van der Waals surface area contributed by atoms with E-state index in [9.17, 15) is 10.5 Å². The van der Waals surface area contributed by atoms with E-state index in [1.165, 1.54) is 11.3 Å². The number of imidazole rings is 1. The van der Waals surface area contributed by atoms with Crippen molar-refractivity contribution in [1.29, 1.82) is 10.5 Å². The second kappa shape index (κ2) is 9.40. The maximum absolute atomic E-state index is 9.26. The third-order valence-corrected chi connectivity index (χ3v) is 7.52. The van der Waals surface area contributed by atoms with E-state index >= 15 is 0 Å². The molecule has 5 rings (SSSR count). The third-order valence-electron chi connectivity index (χ3n) is 6.68. The molecule has 4 heterocycles. The second-order valence-electron chi connectivity index (χ2n) is 8.86. The molecule has 6 nitrogen and oxygen atoms in total. The summed E-state index contributed by atoms with van der Waals surface area (Å²) in [5.41, 5.74) is 6.78. The minimum atomic E-state index is 0.166. The van der Waals surface area contributed by atoms with Crippen LogP contribution in [-0.2, 0) is 0 Å². The van der Waals surface area contributed by atoms with Crippen LogP contribution < -0.4 is 0 Å². The molecule has 0 amide bonds. The molecule has 0 bridgehead atoms. The Labute approximate surface area is 203 Å². The number of benzene rings is 1. The predicted molar refractivity (Wildman–Crippen MR) is 135 cm³/mol. The quantitative estimate of drug-likeness (QED) is 0.415. The smallest absolute Gasteiger partial charge is 0.137 e. The van der Waals surface area contributed by atoms with Gasteiger partial charge in [-0.2, -0.15) is 10.5 Å². The number of aromatic nitrogens is 2. The number of rotatable bonds is 4. The molecule has 1 aliphatic rings. The van der Waals surface area contributed by atoms with Crippen molar-refractivity contribution in [1.82, 2.24) is 19.2 Å². The summed E-state index contributed by atoms with van der Waals surface area (Å²) >= 11 is 1.47. The average Bonchev–Trinajstić information content (AvgIpc) is 3.44. The van der Waals surface area contributed by atoms with Crippen molar-refractivity contribution < 1.29 is 0 Å². The number of thiophene rings is 1. The Bertz CT molecular complexity index is 1400. The Balaban J connectivity index is 1.65. The molecular weight excluding hydrogens is 440 g/mol. The van der Waals surface area contributed by atoms with Gasteiger partial charge in [0.15, 0.2) is 0 Å². The first-order chi connectivity index (χ1) is 16.6. The highest BCUT2D eigenvalue weighted by Gasteiger charge is 2.26. The Morgan fingerprint density at radius 2 is 1.74 bits per heavy atom. The van der Waals surface area contributed by atoms with Crippen molar-refractivity contribution in [3.8, 4) is 34.5 Å². The fourth-order valence-corrected chi connectivity index (χ4v) is 5.43. The van der Waals surface area contributed by atoms with Crippen LogP contribution in [0.1, 0.15) is 35.5 Å². The molecule has 1 saturated heterocycles. The van der Waals surface area contributed by atoms with E-state index in [0.29, 0.717) is 10.4 Å². The van der Waals surface area contributed by atoms with Gasteiger partial charge in [-0.1, -0.05) is 12.1 Å². The predicted octanol–water partition coefficient (Wildman–Crippen LogP) is 5.17. The van der Waals surface area contributed by atoms with Crippen LogP contribution in [0.4, 0.5) is 0 Å². The van der Waals surface area contributed by atoms with Gasteiger partial charge in [-0.3, -0.25) is 4.90 Å². The SMILES string of the molecule is CC(c1c(-c2ccc(C#N)cc2)nc2ccc(-c3csc(C#N)c3)cn12)N1CCCN(C)CC1. The largest absolute Gasteiger partial charge is 0.305 e. The van der Waals surface area contributed by atoms with Crippen molar-refractivity contribution in [2.75, 3.05) is 33.2 Å². The lowest BCUT2D eigenvalue weighted by Gasteiger charge is -2.28. The lowest BCUT2D eigenvalue weighted by Crippen LogP contribution is -2.32. The van der Waals surface area contributed by atoms with Crippen LogP contribution in [0.5, 0.6) is 0 Å². The standard InChI is InChI=1S/C27H26N6S/c1-19(32-11-3-10-31(2)12-13-32)27-26(21-6-4-20(15-28)5-7-21)30-25-9-8-22(17-33(25)27)23-14-24(16-29)34-18-23/h4-9,14,17-19H,3,10-13H2,1-2H3. The minimum absolute atomic E-state index is 0.166. The molecule has 0 radical (unpaired) electrons. The molecule has 4 aromatic rings. The number of nitriles is 2. The molecule has 0 spiro atoms. The normalized spacial score (nSPS) is 16.1. The molecule has 0 N–H and O–H groups in total. The van der Waals surface area contributed by atoms with Crippen LogP contribution in [0.25, 0.3) is 28.0 Å². The van der Waals surface area contributed by atoms with Crippen molar-refractivity contribution in [2.24, 2.45) is 0 Å². The van der Waals surface area contributed by atoms with E-state index in [2.05, 4.69) is 58.6 Å². The zero-order chi connectivity index (χ0) is 23.7. The van der Waals surface area contributed by atoms with E-state index in [-0.39, 0.29) is 6.04 Å². The molecule has 1 unspecified atom stereocenters. The lowest BCUT2D eigenvalue weighted by molar-refractivity contribution is 0.213. The molecule has 34 heavy (non-hydrogen) atoms. The maximum atomic E-state index is 9.26. The number of nitrogens with zero attached hydrogens (tertiary/aromatic N) is 6. The van der Waals surface area contributed by atoms with Crippen LogP contribution in [-0.4, -0.2) is 52.4 Å². The highest BCUT2D eigenvalue weighted by molar-refractivity contribution is 7.10. The number of hydrogen-bond donors (Lipinski definition) is 0. The average molecular weight is 467 g/mol. The van der Waals surface area contributed by atoms with Gasteiger partial charge in [0, 0.05) is 37.4 Å². The van der Waals surface area contributed by atoms with Gasteiger partial charge < -0.3 is 9.30 Å². The van der Waals surface area contributed by atoms with Crippen molar-refractivity contribution in [2.45, 2.75) is 19.4 Å². The van der Waals surface area contributed by atoms with Gasteiger partial charge in [-0.15, -0.1) is 11.3 Å². The zero-order valence-corrected chi connectivity index (χ0v) is 20.2. The van der Waals surface area contributed by atoms with Crippen LogP contribution in [0.3, 0.4) is 0 Å². The summed E-state index contributed by atoms with van der Waals surface area (Å²) in [6.45, 7) is 6.48. The highest BCUT2D eigenvalue weighted by Crippen LogP contribution is 2.34. The van der Waals surface area contributed by atoms with E-state index < -0.39 is 0 Å². The third kappa shape index (κ3) is 4.22. The van der Waals surface area contributed by atoms with E-state index in [1.807, 2.05) is 35.7 Å². The van der Waals surface area contributed by atoms with Gasteiger partial charge in [-0.05, 0) is 73.8 Å². The summed E-state index contributed by atoms with van der Waals surface area (Å²) in [6, 6.07) is 18.4. The van der Waals surface area contributed by atoms with Crippen LogP contribution in [0.2, 0.25) is 0 Å². The monoisotopic (exact) mass is 466 g/mol. The first-order valence-corrected chi connectivity index (χ1v) is 12.4. The van der Waals surface area contributed by atoms with Gasteiger partial charge in [0.2, 0.25) is 0 Å². The van der Waals surface area contributed by atoms with Gasteiger partial charge in [0.05, 0.1) is 23.0 Å². The van der Waals surface area contributed by atoms with Crippen molar-refractivity contribution in [3.63, 3.8) is 0 Å². The van der Waals surface area contributed by atoms with E-state index in [1.54, 1.807) is 0 Å². The van der Waals surface area contributed by atoms with Gasteiger partial charge in [0.25, 0.3) is 0 Å². The fraction of sp³-hybridized carbons (Fsp3) is 0.296. The van der Waals surface area contributed by atoms with Gasteiger partial charge in [-0.25, -0.2) is 4.98 Å². The van der Waals surface area contributed by atoms with Gasteiger partial charge >= 0.3 is 0 Å². The summed E-state index contributed by atoms with van der Waals surface area (Å²) < 4.78 is 2.21. The molecule has 0 saturated carbocycles. The Morgan fingerprint density at radius 3 is 2.47 bits per heavy atom. The highest BCUT2D eigenvalue weighted by atomic mass is 32.1.